The van der Waals surface area contributed by atoms with Gasteiger partial charge in [0.05, 0.1) is 29.0 Å². The Balaban J connectivity index is 1.52. The van der Waals surface area contributed by atoms with Gasteiger partial charge in [-0.2, -0.15) is 13.5 Å². The first-order chi connectivity index (χ1) is 17.3. The van der Waals surface area contributed by atoms with Crippen molar-refractivity contribution >= 4 is 38.2 Å². The number of aryl methyl sites for hydroxylation is 1. The molecule has 10 heteroatoms. The van der Waals surface area contributed by atoms with E-state index in [9.17, 15) is 13.2 Å². The highest BCUT2D eigenvalue weighted by molar-refractivity contribution is 9.10. The molecule has 1 aromatic heterocycles. The fourth-order valence-electron chi connectivity index (χ4n) is 3.37. The van der Waals surface area contributed by atoms with Crippen molar-refractivity contribution in [1.82, 2.24) is 9.99 Å². The van der Waals surface area contributed by atoms with Gasteiger partial charge < -0.3 is 13.5 Å². The molecule has 0 aliphatic rings. The lowest BCUT2D eigenvalue weighted by atomic mass is 10.1. The Morgan fingerprint density at radius 2 is 1.72 bits per heavy atom. The molecule has 0 saturated heterocycles. The minimum absolute atomic E-state index is 0.0000828. The molecule has 0 aliphatic heterocycles. The van der Waals surface area contributed by atoms with Crippen LogP contribution in [0.1, 0.15) is 21.5 Å². The first kappa shape index (κ1) is 25.2. The number of hydrazone groups is 1. The maximum absolute atomic E-state index is 12.7. The molecule has 184 valence electrons. The molecule has 36 heavy (non-hydrogen) atoms. The van der Waals surface area contributed by atoms with Crippen molar-refractivity contribution < 1.29 is 22.1 Å². The Kier molecular flexibility index (Phi) is 7.56. The zero-order valence-corrected chi connectivity index (χ0v) is 21.8. The van der Waals surface area contributed by atoms with Crippen LogP contribution in [0.15, 0.2) is 99.7 Å². The molecule has 8 nitrogen and oxygen atoms in total. The molecule has 0 radical (unpaired) electrons. The number of hydrogen-bond acceptors (Lipinski definition) is 6. The van der Waals surface area contributed by atoms with E-state index >= 15 is 0 Å². The number of nitrogens with zero attached hydrogens (tertiary/aromatic N) is 2. The number of rotatable bonds is 8. The second-order valence-corrected chi connectivity index (χ2v) is 10.1. The summed E-state index contributed by atoms with van der Waals surface area (Å²) in [5.41, 5.74) is 5.16. The molecule has 0 atom stereocenters. The van der Waals surface area contributed by atoms with Gasteiger partial charge in [0.25, 0.3) is 5.91 Å². The monoisotopic (exact) mass is 567 g/mol. The number of aromatic nitrogens is 1. The zero-order valence-electron chi connectivity index (χ0n) is 19.4. The highest BCUT2D eigenvalue weighted by Gasteiger charge is 2.22. The second kappa shape index (κ2) is 10.8. The number of halogens is 1. The van der Waals surface area contributed by atoms with Crippen molar-refractivity contribution in [3.63, 3.8) is 0 Å². The SMILES string of the molecule is COc1cc(/C=N/NC(=O)c2ccccc2-n2cccc2)cc(Br)c1OS(=O)(=O)c1ccc(C)cc1. The van der Waals surface area contributed by atoms with Gasteiger partial charge in [-0.3, -0.25) is 4.79 Å². The summed E-state index contributed by atoms with van der Waals surface area (Å²) in [6.07, 6.45) is 5.12. The molecule has 1 heterocycles. The second-order valence-electron chi connectivity index (χ2n) is 7.69. The highest BCUT2D eigenvalue weighted by Crippen LogP contribution is 2.38. The van der Waals surface area contributed by atoms with Crippen LogP contribution in [-0.2, 0) is 10.1 Å². The highest BCUT2D eigenvalue weighted by atomic mass is 79.9. The third kappa shape index (κ3) is 5.67. The number of benzene rings is 3. The van der Waals surface area contributed by atoms with Gasteiger partial charge in [0, 0.05) is 12.4 Å². The summed E-state index contributed by atoms with van der Waals surface area (Å²) in [5.74, 6) is -0.212. The van der Waals surface area contributed by atoms with Crippen LogP contribution in [0.3, 0.4) is 0 Å². The number of nitrogens with one attached hydrogen (secondary N) is 1. The standard InChI is InChI=1S/C26H22BrN3O5S/c1-18-9-11-20(12-10-18)36(32,33)35-25-22(27)15-19(16-24(25)34-2)17-28-29-26(31)21-7-3-4-8-23(21)30-13-5-6-14-30/h3-17H,1-2H3,(H,29,31)/b28-17+. The van der Waals surface area contributed by atoms with E-state index < -0.39 is 10.1 Å². The Bertz CT molecular complexity index is 1520. The largest absolute Gasteiger partial charge is 0.493 e. The maximum atomic E-state index is 12.7. The van der Waals surface area contributed by atoms with E-state index in [0.29, 0.717) is 15.6 Å². The van der Waals surface area contributed by atoms with Gasteiger partial charge in [0.2, 0.25) is 0 Å². The molecule has 0 bridgehead atoms. The van der Waals surface area contributed by atoms with Gasteiger partial charge in [0.15, 0.2) is 11.5 Å². The molecule has 4 aromatic rings. The van der Waals surface area contributed by atoms with Crippen LogP contribution in [0.25, 0.3) is 5.69 Å². The lowest BCUT2D eigenvalue weighted by molar-refractivity contribution is 0.0955. The molecular weight excluding hydrogens is 546 g/mol. The number of hydrogen-bond donors (Lipinski definition) is 1. The predicted octanol–water partition coefficient (Wildman–Crippen LogP) is 5.09. The molecule has 4 rings (SSSR count). The van der Waals surface area contributed by atoms with Crippen LogP contribution in [0, 0.1) is 6.92 Å². The van der Waals surface area contributed by atoms with Crippen molar-refractivity contribution in [2.45, 2.75) is 11.8 Å². The molecule has 0 unspecified atom stereocenters. The van der Waals surface area contributed by atoms with Gasteiger partial charge in [-0.15, -0.1) is 0 Å². The number of para-hydroxylation sites is 1. The molecule has 0 fully saturated rings. The van der Waals surface area contributed by atoms with E-state index in [0.717, 1.165) is 11.3 Å². The van der Waals surface area contributed by atoms with Crippen molar-refractivity contribution in [3.05, 3.63) is 106 Å². The van der Waals surface area contributed by atoms with Crippen LogP contribution in [0.4, 0.5) is 0 Å². The zero-order chi connectivity index (χ0) is 25.7. The Morgan fingerprint density at radius 1 is 1.03 bits per heavy atom. The van der Waals surface area contributed by atoms with Crippen molar-refractivity contribution in [3.8, 4) is 17.2 Å². The number of methoxy groups -OCH3 is 1. The maximum Gasteiger partial charge on any atom is 0.339 e. The van der Waals surface area contributed by atoms with E-state index in [1.165, 1.54) is 25.5 Å². The van der Waals surface area contributed by atoms with Crippen LogP contribution in [-0.4, -0.2) is 32.2 Å². The van der Waals surface area contributed by atoms with Crippen LogP contribution in [0.2, 0.25) is 0 Å². The quantitative estimate of drug-likeness (QED) is 0.182. The van der Waals surface area contributed by atoms with Gasteiger partial charge in [0.1, 0.15) is 4.90 Å². The van der Waals surface area contributed by atoms with Gasteiger partial charge in [-0.1, -0.05) is 29.8 Å². The van der Waals surface area contributed by atoms with Crippen LogP contribution >= 0.6 is 15.9 Å². The average molecular weight is 568 g/mol. The summed E-state index contributed by atoms with van der Waals surface area (Å²) >= 11 is 3.34. The van der Waals surface area contributed by atoms with E-state index in [-0.39, 0.29) is 22.3 Å². The number of carbonyl (C=O) groups excluding carboxylic acids is 1. The molecule has 0 spiro atoms. The average Bonchev–Trinajstić information content (AvgIpc) is 3.40. The number of carbonyl (C=O) groups is 1. The van der Waals surface area contributed by atoms with Crippen LogP contribution in [0.5, 0.6) is 11.5 Å². The first-order valence-electron chi connectivity index (χ1n) is 10.7. The molecular formula is C26H22BrN3O5S. The first-order valence-corrected chi connectivity index (χ1v) is 12.9. The summed E-state index contributed by atoms with van der Waals surface area (Å²) in [5, 5.41) is 4.05. The number of ether oxygens (including phenoxy) is 1. The third-order valence-electron chi connectivity index (χ3n) is 5.17. The third-order valence-corrected chi connectivity index (χ3v) is 6.99. The molecule has 3 aromatic carbocycles. The smallest absolute Gasteiger partial charge is 0.339 e. The summed E-state index contributed by atoms with van der Waals surface area (Å²) in [6.45, 7) is 1.86. The van der Waals surface area contributed by atoms with Crippen molar-refractivity contribution in [2.75, 3.05) is 7.11 Å². The lowest BCUT2D eigenvalue weighted by Gasteiger charge is -2.13. The van der Waals surface area contributed by atoms with E-state index in [1.54, 1.807) is 36.4 Å². The van der Waals surface area contributed by atoms with Gasteiger partial charge >= 0.3 is 10.1 Å². The minimum atomic E-state index is -4.08. The predicted molar refractivity (Wildman–Crippen MR) is 141 cm³/mol. The molecule has 0 aliphatic carbocycles. The fourth-order valence-corrected chi connectivity index (χ4v) is 4.97. The summed E-state index contributed by atoms with van der Waals surface area (Å²) in [4.78, 5) is 12.8. The summed E-state index contributed by atoms with van der Waals surface area (Å²) in [7, 11) is -2.69. The topological polar surface area (TPSA) is 99.0 Å². The molecule has 1 amide bonds. The van der Waals surface area contributed by atoms with E-state index in [2.05, 4.69) is 26.5 Å². The summed E-state index contributed by atoms with van der Waals surface area (Å²) in [6, 6.07) is 20.4. The Morgan fingerprint density at radius 3 is 2.42 bits per heavy atom. The van der Waals surface area contributed by atoms with Crippen LogP contribution < -0.4 is 14.3 Å². The van der Waals surface area contributed by atoms with Gasteiger partial charge in [-0.05, 0) is 76.9 Å². The van der Waals surface area contributed by atoms with E-state index in [1.807, 2.05) is 48.1 Å². The lowest BCUT2D eigenvalue weighted by Crippen LogP contribution is -2.19. The van der Waals surface area contributed by atoms with E-state index in [4.69, 9.17) is 8.92 Å². The normalized spacial score (nSPS) is 11.4. The number of amides is 1. The van der Waals surface area contributed by atoms with Gasteiger partial charge in [-0.25, -0.2) is 5.43 Å². The molecule has 0 saturated carbocycles. The van der Waals surface area contributed by atoms with Crippen molar-refractivity contribution in [2.24, 2.45) is 5.10 Å². The Labute approximate surface area is 217 Å². The van der Waals surface area contributed by atoms with Crippen molar-refractivity contribution in [1.29, 1.82) is 0 Å². The Hall–Kier alpha value is -3.89. The minimum Gasteiger partial charge on any atom is -0.493 e. The molecule has 1 N–H and O–H groups in total. The fraction of sp³-hybridized carbons (Fsp3) is 0.0769. The summed E-state index contributed by atoms with van der Waals surface area (Å²) < 4.78 is 38.4.